The third-order valence-electron chi connectivity index (χ3n) is 9.42. The molecule has 2 N–H and O–H groups in total. The minimum Gasteiger partial charge on any atom is -0.497 e. The summed E-state index contributed by atoms with van der Waals surface area (Å²) in [5, 5.41) is 5.32. The van der Waals surface area contributed by atoms with Crippen molar-refractivity contribution in [3.05, 3.63) is 113 Å². The van der Waals surface area contributed by atoms with E-state index in [1.807, 2.05) is 18.2 Å². The summed E-state index contributed by atoms with van der Waals surface area (Å²) in [6.45, 7) is 2.13. The van der Waals surface area contributed by atoms with E-state index < -0.39 is 5.41 Å². The number of hydrogen-bond donors (Lipinski definition) is 2. The van der Waals surface area contributed by atoms with Crippen LogP contribution in [0.5, 0.6) is 5.75 Å². The Morgan fingerprint density at radius 2 is 1.76 bits per heavy atom. The third kappa shape index (κ3) is 2.56. The van der Waals surface area contributed by atoms with Crippen LogP contribution in [-0.4, -0.2) is 23.0 Å². The quantitative estimate of drug-likeness (QED) is 0.288. The summed E-state index contributed by atoms with van der Waals surface area (Å²) in [4.78, 5) is 21.8. The number of H-pyrrole nitrogens is 1. The normalized spacial score (nSPS) is 25.8. The lowest BCUT2D eigenvalue weighted by molar-refractivity contribution is -0.138. The van der Waals surface area contributed by atoms with Crippen molar-refractivity contribution in [3.8, 4) is 17.0 Å². The van der Waals surface area contributed by atoms with Gasteiger partial charge in [0.2, 0.25) is 11.9 Å². The van der Waals surface area contributed by atoms with Crippen LogP contribution in [-0.2, 0) is 10.2 Å². The second-order valence-electron chi connectivity index (χ2n) is 11.2. The molecule has 4 unspecified atom stereocenters. The molecule has 0 aliphatic heterocycles. The Hall–Kier alpha value is -4.38. The van der Waals surface area contributed by atoms with Crippen LogP contribution in [0.2, 0.25) is 0 Å². The molecule has 1 aromatic heterocycles. The molecule has 4 aromatic carbocycles. The number of carbonyl (C=O) groups is 1. The number of nitrogens with zero attached hydrogens (tertiary/aromatic N) is 1. The topological polar surface area (TPSA) is 67.0 Å². The van der Waals surface area contributed by atoms with Crippen LogP contribution < -0.4 is 10.1 Å². The Morgan fingerprint density at radius 1 is 0.974 bits per heavy atom. The predicted octanol–water partition coefficient (Wildman–Crippen LogP) is 6.77. The molecular formula is C33H27N3O2. The molecule has 1 heterocycles. The maximum Gasteiger partial charge on any atom is 0.233 e. The lowest BCUT2D eigenvalue weighted by Gasteiger charge is -2.65. The summed E-state index contributed by atoms with van der Waals surface area (Å²) in [7, 11) is 1.67. The first-order valence-corrected chi connectivity index (χ1v) is 13.2. The number of benzene rings is 4. The zero-order valence-corrected chi connectivity index (χ0v) is 21.3. The Balaban J connectivity index is 1.11. The highest BCUT2D eigenvalue weighted by atomic mass is 16.5. The molecule has 0 radical (unpaired) electrons. The molecule has 5 aromatic rings. The van der Waals surface area contributed by atoms with E-state index in [1.54, 1.807) is 13.3 Å². The SMILES string of the molecule is COc1ccc2c(-c3cnc(NC(=O)C4(C)CC56c7ccccc7C5c5ccccc5C46)[nH]3)cccc2c1. The molecule has 4 atom stereocenters. The molecule has 1 amide bonds. The van der Waals surface area contributed by atoms with Gasteiger partial charge in [-0.2, -0.15) is 0 Å². The fourth-order valence-electron chi connectivity index (χ4n) is 8.01. The van der Waals surface area contributed by atoms with E-state index in [1.165, 1.54) is 22.3 Å². The van der Waals surface area contributed by atoms with Gasteiger partial charge in [0.15, 0.2) is 0 Å². The number of anilines is 1. The molecule has 5 nitrogen and oxygen atoms in total. The fourth-order valence-corrected chi connectivity index (χ4v) is 8.01. The van der Waals surface area contributed by atoms with Gasteiger partial charge in [-0.1, -0.05) is 79.7 Å². The number of amides is 1. The zero-order valence-electron chi connectivity index (χ0n) is 21.3. The van der Waals surface area contributed by atoms with E-state index in [-0.39, 0.29) is 17.2 Å². The summed E-state index contributed by atoms with van der Waals surface area (Å²) < 4.78 is 5.39. The summed E-state index contributed by atoms with van der Waals surface area (Å²) in [6, 6.07) is 29.7. The largest absolute Gasteiger partial charge is 0.497 e. The van der Waals surface area contributed by atoms with Crippen molar-refractivity contribution in [2.24, 2.45) is 5.41 Å². The lowest BCUT2D eigenvalue weighted by Crippen LogP contribution is -2.64. The average molecular weight is 498 g/mol. The first-order valence-electron chi connectivity index (χ1n) is 13.2. The van der Waals surface area contributed by atoms with Crippen LogP contribution in [0.4, 0.5) is 5.95 Å². The second-order valence-corrected chi connectivity index (χ2v) is 11.2. The standard InChI is InChI=1S/C33H27N3O2/c1-32(18-33-26-13-6-5-11-25(26)28(33)23-9-3-4-10-24(23)29(32)33)30(37)36-31-34-17-27(35-31)22-12-7-8-19-16-20(38-2)14-15-21(19)22/h3-17,28-29H,18H2,1-2H3,(H2,34,35,36,37). The fraction of sp³-hybridized carbons (Fsp3) is 0.212. The Bertz CT molecular complexity index is 1790. The van der Waals surface area contributed by atoms with Crippen molar-refractivity contribution < 1.29 is 9.53 Å². The van der Waals surface area contributed by atoms with Crippen LogP contribution in [0.3, 0.4) is 0 Å². The Morgan fingerprint density at radius 3 is 2.61 bits per heavy atom. The molecule has 1 spiro atoms. The van der Waals surface area contributed by atoms with E-state index in [9.17, 15) is 4.79 Å². The number of rotatable bonds is 4. The molecule has 5 heteroatoms. The van der Waals surface area contributed by atoms with E-state index >= 15 is 0 Å². The molecule has 8 rings (SSSR count). The maximum atomic E-state index is 13.9. The third-order valence-corrected chi connectivity index (χ3v) is 9.42. The van der Waals surface area contributed by atoms with Crippen LogP contribution in [0, 0.1) is 5.41 Å². The van der Waals surface area contributed by atoms with Gasteiger partial charge < -0.3 is 9.72 Å². The molecule has 3 aliphatic rings. The van der Waals surface area contributed by atoms with Gasteiger partial charge in [0.25, 0.3) is 0 Å². The van der Waals surface area contributed by atoms with E-state index in [2.05, 4.69) is 88.9 Å². The molecule has 38 heavy (non-hydrogen) atoms. The van der Waals surface area contributed by atoms with E-state index in [0.29, 0.717) is 11.9 Å². The van der Waals surface area contributed by atoms with Crippen LogP contribution >= 0.6 is 0 Å². The monoisotopic (exact) mass is 497 g/mol. The number of methoxy groups -OCH3 is 1. The van der Waals surface area contributed by atoms with E-state index in [4.69, 9.17) is 4.74 Å². The summed E-state index contributed by atoms with van der Waals surface area (Å²) in [6.07, 6.45) is 2.63. The van der Waals surface area contributed by atoms with Crippen molar-refractivity contribution in [2.75, 3.05) is 12.4 Å². The van der Waals surface area contributed by atoms with Gasteiger partial charge >= 0.3 is 0 Å². The second kappa shape index (κ2) is 7.35. The van der Waals surface area contributed by atoms with Gasteiger partial charge in [-0.25, -0.2) is 4.98 Å². The molecule has 1 fully saturated rings. The van der Waals surface area contributed by atoms with Crippen molar-refractivity contribution in [2.45, 2.75) is 30.6 Å². The molecular weight excluding hydrogens is 470 g/mol. The first kappa shape index (κ1) is 21.7. The number of imidazole rings is 1. The lowest BCUT2D eigenvalue weighted by atomic mass is 9.36. The Kier molecular flexibility index (Phi) is 4.19. The summed E-state index contributed by atoms with van der Waals surface area (Å²) >= 11 is 0. The van der Waals surface area contributed by atoms with Crippen LogP contribution in [0.15, 0.2) is 91.1 Å². The van der Waals surface area contributed by atoms with Crippen molar-refractivity contribution in [3.63, 3.8) is 0 Å². The average Bonchev–Trinajstić information content (AvgIpc) is 3.47. The highest BCUT2D eigenvalue weighted by Gasteiger charge is 2.76. The Labute approximate surface area is 220 Å². The van der Waals surface area contributed by atoms with Crippen molar-refractivity contribution >= 4 is 22.6 Å². The minimum absolute atomic E-state index is 0.0246. The number of hydrogen-bond acceptors (Lipinski definition) is 3. The summed E-state index contributed by atoms with van der Waals surface area (Å²) in [5.41, 5.74) is 6.98. The smallest absolute Gasteiger partial charge is 0.233 e. The minimum atomic E-state index is -0.513. The van der Waals surface area contributed by atoms with Gasteiger partial charge in [-0.15, -0.1) is 0 Å². The van der Waals surface area contributed by atoms with Gasteiger partial charge in [-0.3, -0.25) is 10.1 Å². The number of fused-ring (bicyclic) bond motifs is 6. The van der Waals surface area contributed by atoms with Crippen molar-refractivity contribution in [1.29, 1.82) is 0 Å². The number of aromatic nitrogens is 2. The van der Waals surface area contributed by atoms with Gasteiger partial charge in [0.1, 0.15) is 5.75 Å². The van der Waals surface area contributed by atoms with Crippen LogP contribution in [0.25, 0.3) is 22.0 Å². The van der Waals surface area contributed by atoms with Gasteiger partial charge in [0.05, 0.1) is 24.4 Å². The molecule has 0 saturated heterocycles. The summed E-state index contributed by atoms with van der Waals surface area (Å²) in [5.74, 6) is 1.88. The van der Waals surface area contributed by atoms with E-state index in [0.717, 1.165) is 34.2 Å². The number of nitrogens with one attached hydrogen (secondary N) is 2. The molecule has 0 bridgehead atoms. The molecule has 186 valence electrons. The van der Waals surface area contributed by atoms with Gasteiger partial charge in [0, 0.05) is 22.8 Å². The molecule has 3 aliphatic carbocycles. The molecule has 1 saturated carbocycles. The highest BCUT2D eigenvalue weighted by molar-refractivity contribution is 5.99. The number of aromatic amines is 1. The van der Waals surface area contributed by atoms with Crippen LogP contribution in [0.1, 0.15) is 47.4 Å². The predicted molar refractivity (Wildman–Crippen MR) is 149 cm³/mol. The van der Waals surface area contributed by atoms with Gasteiger partial charge in [-0.05, 0) is 51.6 Å². The first-order chi connectivity index (χ1) is 18.5. The van der Waals surface area contributed by atoms with Crippen molar-refractivity contribution in [1.82, 2.24) is 9.97 Å². The highest BCUT2D eigenvalue weighted by Crippen LogP contribution is 2.80. The zero-order chi connectivity index (χ0) is 25.6. The maximum absolute atomic E-state index is 13.9. The number of carbonyl (C=O) groups excluding carboxylic acids is 1. The number of ether oxygens (including phenoxy) is 1.